The molecule has 0 amide bonds. The van der Waals surface area contributed by atoms with Gasteiger partial charge in [-0.25, -0.2) is 0 Å². The molecule has 2 unspecified atom stereocenters. The first-order valence-corrected chi connectivity index (χ1v) is 34.5. The van der Waals surface area contributed by atoms with Crippen LogP contribution in [-0.4, -0.2) is 5.92 Å². The molecule has 0 heterocycles. The summed E-state index contributed by atoms with van der Waals surface area (Å²) in [7, 11) is 17.4. The van der Waals surface area contributed by atoms with E-state index in [-0.39, 0.29) is 18.1 Å². The van der Waals surface area contributed by atoms with Crippen molar-refractivity contribution in [3.05, 3.63) is 129 Å². The third-order valence-corrected chi connectivity index (χ3v) is 63.7. The van der Waals surface area contributed by atoms with Gasteiger partial charge in [0.15, 0.2) is 0 Å². The Labute approximate surface area is 305 Å². The van der Waals surface area contributed by atoms with E-state index >= 15 is 0 Å². The standard InChI is InChI=1S/C23H27.C20H21.C2H7Si.2ClH.Zr/c1-15(2)21-14-18-8-7-9-20(22(18)16(21)3)17-10-12-19(13-11-17)23(4,5)6;1-14-12-16-6-5-7-18(19(16)13-14)15-8-10-17(11-9-15)20(2,3)4;1-3-2;;;/h7-15H,1-6H3;5-13H,1-4H3;3H,1-2H3;2*1H;/q;;;;;+2/p-2. The number of hydrogen-bond donors (Lipinski definition) is 0. The second-order valence-electron chi connectivity index (χ2n) is 17.6. The Morgan fingerprint density at radius 2 is 1.10 bits per heavy atom. The number of benzene rings is 4. The summed E-state index contributed by atoms with van der Waals surface area (Å²) in [6.07, 6.45) is 2.43. The Kier molecular flexibility index (Phi) is 9.48. The van der Waals surface area contributed by atoms with Crippen molar-refractivity contribution in [3.63, 3.8) is 0 Å². The molecule has 2 aliphatic carbocycles. The molecule has 0 saturated carbocycles. The van der Waals surface area contributed by atoms with Crippen LogP contribution in [0, 0.1) is 5.92 Å². The number of halogens is 2. The first-order valence-electron chi connectivity index (χ1n) is 18.2. The zero-order valence-electron chi connectivity index (χ0n) is 31.7. The van der Waals surface area contributed by atoms with Gasteiger partial charge in [0.1, 0.15) is 0 Å². The topological polar surface area (TPSA) is 0 Å². The van der Waals surface area contributed by atoms with Gasteiger partial charge in [-0.05, 0) is 0 Å². The molecule has 0 radical (unpaired) electrons. The summed E-state index contributed by atoms with van der Waals surface area (Å²) < 4.78 is 0.154. The summed E-state index contributed by atoms with van der Waals surface area (Å²) in [5.74, 6) is -1.31. The second kappa shape index (κ2) is 12.6. The molecule has 0 saturated heterocycles. The van der Waals surface area contributed by atoms with E-state index in [0.29, 0.717) is 5.92 Å². The van der Waals surface area contributed by atoms with E-state index in [4.69, 9.17) is 17.0 Å². The van der Waals surface area contributed by atoms with E-state index in [1.807, 2.05) is 0 Å². The quantitative estimate of drug-likeness (QED) is 0.171. The molecule has 0 spiro atoms. The third-order valence-electron chi connectivity index (χ3n) is 11.8. The van der Waals surface area contributed by atoms with Crippen LogP contribution in [-0.2, 0) is 26.4 Å². The molecular weight excluding hydrogens is 731 g/mol. The minimum atomic E-state index is -4.86. The molecule has 0 fully saturated rings. The Hall–Kier alpha value is -1.96. The molecule has 0 N–H and O–H groups in total. The Balaban J connectivity index is 1.54. The van der Waals surface area contributed by atoms with Crippen molar-refractivity contribution in [2.75, 3.05) is 0 Å². The van der Waals surface area contributed by atoms with Gasteiger partial charge < -0.3 is 0 Å². The maximum atomic E-state index is 8.70. The maximum absolute atomic E-state index is 8.70. The molecule has 257 valence electrons. The fraction of sp³-hybridized carbons (Fsp3) is 0.378. The van der Waals surface area contributed by atoms with Gasteiger partial charge in [-0.3, -0.25) is 0 Å². The van der Waals surface area contributed by atoms with Gasteiger partial charge in [0.05, 0.1) is 0 Å². The zero-order chi connectivity index (χ0) is 35.9. The monoisotopic (exact) mass is 783 g/mol. The van der Waals surface area contributed by atoms with Gasteiger partial charge >= 0.3 is 308 Å². The van der Waals surface area contributed by atoms with Crippen molar-refractivity contribution in [1.29, 1.82) is 0 Å². The molecule has 2 atom stereocenters. The summed E-state index contributed by atoms with van der Waals surface area (Å²) in [5, 5.41) is 0. The summed E-state index contributed by atoms with van der Waals surface area (Å²) in [5.41, 5.74) is 17.6. The molecule has 0 aromatic heterocycles. The normalized spacial score (nSPS) is 18.9. The van der Waals surface area contributed by atoms with Gasteiger partial charge in [-0.1, -0.05) is 0 Å². The number of rotatable bonds is 6. The predicted molar refractivity (Wildman–Crippen MR) is 218 cm³/mol. The van der Waals surface area contributed by atoms with E-state index in [1.54, 1.807) is 0 Å². The van der Waals surface area contributed by atoms with E-state index in [2.05, 4.69) is 173 Å². The van der Waals surface area contributed by atoms with Gasteiger partial charge in [0, 0.05) is 0 Å². The minimum absolute atomic E-state index is 0.0764. The SMILES string of the molecule is CC1=Cc2c(-c3ccc(C(C)(C)C)cc3)cccc2[CH]1[Zr]([Cl])([Cl])([CH]1C(C(C)C)=C(C)c2c(-c3ccc(C(C)(C)C)cc3)cccc21)[SiH](C)C. The molecule has 0 bridgehead atoms. The molecule has 6 rings (SSSR count). The van der Waals surface area contributed by atoms with Crippen LogP contribution < -0.4 is 0 Å². The molecule has 0 aliphatic heterocycles. The summed E-state index contributed by atoms with van der Waals surface area (Å²) >= 11 is -4.86. The van der Waals surface area contributed by atoms with Crippen LogP contribution in [0.1, 0.15) is 110 Å². The van der Waals surface area contributed by atoms with E-state index in [1.165, 1.54) is 72.4 Å². The van der Waals surface area contributed by atoms with Crippen LogP contribution in [0.25, 0.3) is 33.9 Å². The van der Waals surface area contributed by atoms with Crippen LogP contribution >= 0.6 is 17.0 Å². The van der Waals surface area contributed by atoms with Crippen LogP contribution in [0.4, 0.5) is 0 Å². The fourth-order valence-corrected chi connectivity index (χ4v) is 41.3. The predicted octanol–water partition coefficient (Wildman–Crippen LogP) is 14.2. The Morgan fingerprint density at radius 3 is 1.57 bits per heavy atom. The number of allylic oxidation sites excluding steroid dienone is 3. The molecule has 0 nitrogen and oxygen atoms in total. The van der Waals surface area contributed by atoms with Gasteiger partial charge in [-0.2, -0.15) is 0 Å². The molecule has 4 aromatic rings. The van der Waals surface area contributed by atoms with Crippen molar-refractivity contribution in [2.45, 2.75) is 100 Å². The summed E-state index contributed by atoms with van der Waals surface area (Å²) in [6, 6.07) is 32.2. The van der Waals surface area contributed by atoms with Crippen molar-refractivity contribution >= 4 is 34.6 Å². The molecule has 2 aliphatic rings. The van der Waals surface area contributed by atoms with Crippen molar-refractivity contribution in [3.8, 4) is 22.3 Å². The Morgan fingerprint density at radius 1 is 0.633 bits per heavy atom. The second-order valence-corrected chi connectivity index (χ2v) is 60.1. The average molecular weight is 786 g/mol. The van der Waals surface area contributed by atoms with E-state index in [0.717, 1.165) is 0 Å². The summed E-state index contributed by atoms with van der Waals surface area (Å²) in [6.45, 7) is 27.9. The van der Waals surface area contributed by atoms with Crippen molar-refractivity contribution in [1.82, 2.24) is 0 Å². The average Bonchev–Trinajstić information content (AvgIpc) is 3.55. The van der Waals surface area contributed by atoms with Crippen LogP contribution in [0.2, 0.25) is 13.1 Å². The van der Waals surface area contributed by atoms with Gasteiger partial charge in [0.2, 0.25) is 0 Å². The number of fused-ring (bicyclic) bond motifs is 2. The fourth-order valence-electron chi connectivity index (χ4n) is 9.03. The van der Waals surface area contributed by atoms with Crippen molar-refractivity contribution in [2.24, 2.45) is 5.92 Å². The zero-order valence-corrected chi connectivity index (χ0v) is 36.9. The van der Waals surface area contributed by atoms with Gasteiger partial charge in [-0.15, -0.1) is 0 Å². The molecule has 49 heavy (non-hydrogen) atoms. The van der Waals surface area contributed by atoms with Gasteiger partial charge in [0.25, 0.3) is 0 Å². The first kappa shape index (κ1) is 36.8. The molecular formula is C45H55Cl2SiZr. The number of hydrogen-bond acceptors (Lipinski definition) is 0. The van der Waals surface area contributed by atoms with E-state index < -0.39 is 21.5 Å². The van der Waals surface area contributed by atoms with Crippen molar-refractivity contribution < 1.29 is 15.6 Å². The third kappa shape index (κ3) is 6.00. The molecule has 4 aromatic carbocycles. The molecule has 4 heteroatoms. The Bertz CT molecular complexity index is 1980. The van der Waals surface area contributed by atoms with Crippen LogP contribution in [0.5, 0.6) is 0 Å². The van der Waals surface area contributed by atoms with E-state index in [9.17, 15) is 0 Å². The van der Waals surface area contributed by atoms with Crippen LogP contribution in [0.3, 0.4) is 0 Å². The summed E-state index contributed by atoms with van der Waals surface area (Å²) in [4.78, 5) is 0. The first-order chi connectivity index (χ1) is 22.8. The van der Waals surface area contributed by atoms with Crippen LogP contribution in [0.15, 0.2) is 96.1 Å².